The number of nitrogens with one attached hydrogen (secondary N) is 1. The van der Waals surface area contributed by atoms with Gasteiger partial charge in [0.05, 0.1) is 6.10 Å². The van der Waals surface area contributed by atoms with Crippen LogP contribution in [0.25, 0.3) is 0 Å². The first kappa shape index (κ1) is 13.3. The summed E-state index contributed by atoms with van der Waals surface area (Å²) in [5.41, 5.74) is 2.61. The molecule has 3 unspecified atom stereocenters. The van der Waals surface area contributed by atoms with E-state index in [4.69, 9.17) is 16.3 Å². The minimum atomic E-state index is 0.194. The monoisotopic (exact) mass is 279 g/mol. The van der Waals surface area contributed by atoms with E-state index in [0.29, 0.717) is 18.1 Å². The van der Waals surface area contributed by atoms with Crippen molar-refractivity contribution in [3.05, 3.63) is 28.8 Å². The number of anilines is 1. The molecule has 1 aliphatic heterocycles. The third-order valence-electron chi connectivity index (χ3n) is 4.84. The van der Waals surface area contributed by atoms with Crippen molar-refractivity contribution in [2.45, 2.75) is 45.8 Å². The number of halogens is 1. The summed E-state index contributed by atoms with van der Waals surface area (Å²) in [6.07, 6.45) is 2.87. The highest BCUT2D eigenvalue weighted by Crippen LogP contribution is 2.52. The van der Waals surface area contributed by atoms with Gasteiger partial charge < -0.3 is 10.1 Å². The highest BCUT2D eigenvalue weighted by molar-refractivity contribution is 6.30. The van der Waals surface area contributed by atoms with Gasteiger partial charge in [0, 0.05) is 34.7 Å². The van der Waals surface area contributed by atoms with Gasteiger partial charge in [-0.3, -0.25) is 0 Å². The van der Waals surface area contributed by atoms with E-state index in [0.717, 1.165) is 17.3 Å². The lowest BCUT2D eigenvalue weighted by molar-refractivity contribution is -0.177. The first-order chi connectivity index (χ1) is 9.00. The van der Waals surface area contributed by atoms with Gasteiger partial charge in [0.1, 0.15) is 0 Å². The van der Waals surface area contributed by atoms with Crippen LogP contribution in [0.2, 0.25) is 5.02 Å². The van der Waals surface area contributed by atoms with Gasteiger partial charge >= 0.3 is 0 Å². The predicted octanol–water partition coefficient (Wildman–Crippen LogP) is 4.26. The topological polar surface area (TPSA) is 21.3 Å². The number of fused-ring (bicyclic) bond motifs is 1. The SMILES string of the molecule is Cc1ccc(Cl)cc1NC1C2CCCOC2C1(C)C. The Hall–Kier alpha value is -0.730. The predicted molar refractivity (Wildman–Crippen MR) is 79.8 cm³/mol. The van der Waals surface area contributed by atoms with Crippen molar-refractivity contribution >= 4 is 17.3 Å². The largest absolute Gasteiger partial charge is 0.381 e. The quantitative estimate of drug-likeness (QED) is 0.873. The molecule has 3 heteroatoms. The number of hydrogen-bond acceptors (Lipinski definition) is 2. The highest BCUT2D eigenvalue weighted by atomic mass is 35.5. The molecule has 2 nitrogen and oxygen atoms in total. The van der Waals surface area contributed by atoms with Crippen LogP contribution in [0.5, 0.6) is 0 Å². The molecule has 3 atom stereocenters. The summed E-state index contributed by atoms with van der Waals surface area (Å²) < 4.78 is 5.95. The average molecular weight is 280 g/mol. The van der Waals surface area contributed by atoms with E-state index in [2.05, 4.69) is 32.2 Å². The molecule has 1 aromatic carbocycles. The molecule has 1 aromatic rings. The van der Waals surface area contributed by atoms with Crippen molar-refractivity contribution < 1.29 is 4.74 Å². The van der Waals surface area contributed by atoms with E-state index in [1.165, 1.54) is 18.4 Å². The molecule has 104 valence electrons. The molecule has 3 rings (SSSR count). The first-order valence-electron chi connectivity index (χ1n) is 7.14. The molecule has 1 aliphatic carbocycles. The van der Waals surface area contributed by atoms with Gasteiger partial charge in [-0.05, 0) is 37.5 Å². The molecule has 2 fully saturated rings. The van der Waals surface area contributed by atoms with Crippen molar-refractivity contribution in [2.75, 3.05) is 11.9 Å². The minimum Gasteiger partial charge on any atom is -0.381 e. The maximum absolute atomic E-state index is 6.11. The third-order valence-corrected chi connectivity index (χ3v) is 5.08. The fourth-order valence-corrected chi connectivity index (χ4v) is 3.90. The molecule has 0 bridgehead atoms. The van der Waals surface area contributed by atoms with Crippen LogP contribution in [0.15, 0.2) is 18.2 Å². The molecule has 1 saturated carbocycles. The Morgan fingerprint density at radius 1 is 1.37 bits per heavy atom. The van der Waals surface area contributed by atoms with Crippen LogP contribution in [0, 0.1) is 18.3 Å². The molecule has 2 aliphatic rings. The van der Waals surface area contributed by atoms with Gasteiger partial charge in [-0.15, -0.1) is 0 Å². The average Bonchev–Trinajstić information content (AvgIpc) is 2.39. The molecule has 1 N–H and O–H groups in total. The Balaban J connectivity index is 1.81. The zero-order valence-corrected chi connectivity index (χ0v) is 12.6. The fourth-order valence-electron chi connectivity index (χ4n) is 3.73. The molecule has 1 saturated heterocycles. The lowest BCUT2D eigenvalue weighted by Gasteiger charge is -2.60. The van der Waals surface area contributed by atoms with Gasteiger partial charge in [0.15, 0.2) is 0 Å². The number of hydrogen-bond donors (Lipinski definition) is 1. The van der Waals surface area contributed by atoms with Crippen LogP contribution in [-0.2, 0) is 4.74 Å². The van der Waals surface area contributed by atoms with Crippen LogP contribution in [0.3, 0.4) is 0 Å². The second-order valence-corrected chi connectivity index (χ2v) is 6.94. The summed E-state index contributed by atoms with van der Waals surface area (Å²) in [5, 5.41) is 4.51. The van der Waals surface area contributed by atoms with Crippen molar-refractivity contribution in [1.82, 2.24) is 0 Å². The zero-order valence-electron chi connectivity index (χ0n) is 11.9. The van der Waals surface area contributed by atoms with Gasteiger partial charge in [0.25, 0.3) is 0 Å². The number of ether oxygens (including phenoxy) is 1. The molecule has 19 heavy (non-hydrogen) atoms. The summed E-state index contributed by atoms with van der Waals surface area (Å²) >= 11 is 6.11. The second-order valence-electron chi connectivity index (χ2n) is 6.50. The standard InChI is InChI=1S/C16H22ClNO/c1-10-6-7-11(17)9-13(10)18-14-12-5-4-8-19-15(12)16(14,2)3/h6-7,9,12,14-15,18H,4-5,8H2,1-3H3. The third kappa shape index (κ3) is 2.15. The van der Waals surface area contributed by atoms with Crippen molar-refractivity contribution in [1.29, 1.82) is 0 Å². The number of aryl methyl sites for hydroxylation is 1. The molecular formula is C16H22ClNO. The van der Waals surface area contributed by atoms with E-state index in [9.17, 15) is 0 Å². The van der Waals surface area contributed by atoms with Crippen LogP contribution in [0.1, 0.15) is 32.3 Å². The summed E-state index contributed by atoms with van der Waals surface area (Å²) in [7, 11) is 0. The van der Waals surface area contributed by atoms with Gasteiger partial charge in [-0.2, -0.15) is 0 Å². The van der Waals surface area contributed by atoms with Crippen LogP contribution < -0.4 is 5.32 Å². The molecule has 0 radical (unpaired) electrons. The van der Waals surface area contributed by atoms with E-state index in [-0.39, 0.29) is 5.41 Å². The summed E-state index contributed by atoms with van der Waals surface area (Å²) in [6.45, 7) is 7.65. The maximum atomic E-state index is 6.11. The Morgan fingerprint density at radius 2 is 2.16 bits per heavy atom. The molecule has 0 spiro atoms. The van der Waals surface area contributed by atoms with E-state index in [1.54, 1.807) is 0 Å². The van der Waals surface area contributed by atoms with E-state index in [1.807, 2.05) is 12.1 Å². The van der Waals surface area contributed by atoms with Crippen LogP contribution >= 0.6 is 11.6 Å². The maximum Gasteiger partial charge on any atom is 0.0693 e. The molecule has 0 aromatic heterocycles. The van der Waals surface area contributed by atoms with E-state index < -0.39 is 0 Å². The zero-order chi connectivity index (χ0) is 13.6. The van der Waals surface area contributed by atoms with Gasteiger partial charge in [-0.1, -0.05) is 31.5 Å². The van der Waals surface area contributed by atoms with Crippen LogP contribution in [0.4, 0.5) is 5.69 Å². The number of rotatable bonds is 2. The first-order valence-corrected chi connectivity index (χ1v) is 7.52. The highest BCUT2D eigenvalue weighted by Gasteiger charge is 2.57. The Morgan fingerprint density at radius 3 is 2.95 bits per heavy atom. The fraction of sp³-hybridized carbons (Fsp3) is 0.625. The molecular weight excluding hydrogens is 258 g/mol. The second kappa shape index (κ2) is 4.68. The molecule has 1 heterocycles. The molecule has 0 amide bonds. The normalized spacial score (nSPS) is 32.3. The van der Waals surface area contributed by atoms with Crippen molar-refractivity contribution in [3.8, 4) is 0 Å². The smallest absolute Gasteiger partial charge is 0.0693 e. The summed E-state index contributed by atoms with van der Waals surface area (Å²) in [5.74, 6) is 0.641. The Labute approximate surface area is 120 Å². The summed E-state index contributed by atoms with van der Waals surface area (Å²) in [4.78, 5) is 0. The van der Waals surface area contributed by atoms with Gasteiger partial charge in [0.2, 0.25) is 0 Å². The number of benzene rings is 1. The van der Waals surface area contributed by atoms with Crippen LogP contribution in [-0.4, -0.2) is 18.8 Å². The summed E-state index contributed by atoms with van der Waals surface area (Å²) in [6, 6.07) is 6.53. The van der Waals surface area contributed by atoms with Crippen molar-refractivity contribution in [2.24, 2.45) is 11.3 Å². The van der Waals surface area contributed by atoms with Crippen molar-refractivity contribution in [3.63, 3.8) is 0 Å². The minimum absolute atomic E-state index is 0.194. The Kier molecular flexibility index (Phi) is 3.26. The lowest BCUT2D eigenvalue weighted by atomic mass is 9.55. The Bertz CT molecular complexity index is 486. The lowest BCUT2D eigenvalue weighted by Crippen LogP contribution is -2.67. The van der Waals surface area contributed by atoms with Gasteiger partial charge in [-0.25, -0.2) is 0 Å². The van der Waals surface area contributed by atoms with E-state index >= 15 is 0 Å².